The summed E-state index contributed by atoms with van der Waals surface area (Å²) in [5.74, 6) is 0. The minimum Gasteiger partial charge on any atom is -0.0922 e. The van der Waals surface area contributed by atoms with Gasteiger partial charge in [-0.1, -0.05) is 28.1 Å². The molecule has 0 unspecified atom stereocenters. The van der Waals surface area contributed by atoms with Crippen molar-refractivity contribution in [1.82, 2.24) is 0 Å². The highest BCUT2D eigenvalue weighted by atomic mass is 127. The molecule has 1 aliphatic rings. The van der Waals surface area contributed by atoms with Crippen LogP contribution in [0.15, 0.2) is 24.3 Å². The van der Waals surface area contributed by atoms with E-state index < -0.39 is 0 Å². The van der Waals surface area contributed by atoms with Crippen molar-refractivity contribution in [2.24, 2.45) is 5.41 Å². The molecule has 0 heterocycles. The van der Waals surface area contributed by atoms with Crippen molar-refractivity contribution in [3.8, 4) is 0 Å². The standard InChI is InChI=1S/C11H12BrI/c12-8-11(5-6-11)7-9-1-3-10(13)4-2-9/h1-4H,5-8H2. The number of hydrogen-bond donors (Lipinski definition) is 0. The fraction of sp³-hybridized carbons (Fsp3) is 0.455. The Balaban J connectivity index is 2.06. The van der Waals surface area contributed by atoms with Crippen molar-refractivity contribution >= 4 is 38.5 Å². The first-order chi connectivity index (χ1) is 6.24. The van der Waals surface area contributed by atoms with Crippen molar-refractivity contribution in [3.05, 3.63) is 33.4 Å². The van der Waals surface area contributed by atoms with Crippen LogP contribution in [0.3, 0.4) is 0 Å². The maximum atomic E-state index is 3.60. The average Bonchev–Trinajstić information content (AvgIpc) is 2.90. The van der Waals surface area contributed by atoms with Gasteiger partial charge in [-0.3, -0.25) is 0 Å². The van der Waals surface area contributed by atoms with Gasteiger partial charge in [0.25, 0.3) is 0 Å². The Morgan fingerprint density at radius 3 is 2.31 bits per heavy atom. The lowest BCUT2D eigenvalue weighted by molar-refractivity contribution is 0.586. The molecule has 70 valence electrons. The van der Waals surface area contributed by atoms with Crippen molar-refractivity contribution in [1.29, 1.82) is 0 Å². The van der Waals surface area contributed by atoms with E-state index in [1.165, 1.54) is 28.4 Å². The lowest BCUT2D eigenvalue weighted by Gasteiger charge is -2.10. The van der Waals surface area contributed by atoms with Crippen LogP contribution in [0.5, 0.6) is 0 Å². The van der Waals surface area contributed by atoms with Gasteiger partial charge >= 0.3 is 0 Å². The van der Waals surface area contributed by atoms with E-state index in [0.717, 1.165) is 5.33 Å². The molecule has 0 nitrogen and oxygen atoms in total. The maximum absolute atomic E-state index is 3.60. The highest BCUT2D eigenvalue weighted by molar-refractivity contribution is 14.1. The van der Waals surface area contributed by atoms with Gasteiger partial charge in [-0.15, -0.1) is 0 Å². The third kappa shape index (κ3) is 2.46. The van der Waals surface area contributed by atoms with Gasteiger partial charge in [0.15, 0.2) is 0 Å². The Morgan fingerprint density at radius 2 is 1.85 bits per heavy atom. The van der Waals surface area contributed by atoms with E-state index in [4.69, 9.17) is 0 Å². The van der Waals surface area contributed by atoms with E-state index >= 15 is 0 Å². The molecule has 2 rings (SSSR count). The Morgan fingerprint density at radius 1 is 1.23 bits per heavy atom. The SMILES string of the molecule is BrCC1(Cc2ccc(I)cc2)CC1. The molecular weight excluding hydrogens is 339 g/mol. The zero-order valence-corrected chi connectivity index (χ0v) is 11.1. The van der Waals surface area contributed by atoms with E-state index in [0.29, 0.717) is 5.41 Å². The highest BCUT2D eigenvalue weighted by Crippen LogP contribution is 2.49. The van der Waals surface area contributed by atoms with E-state index in [-0.39, 0.29) is 0 Å². The molecular formula is C11H12BrI. The third-order valence-corrected chi connectivity index (χ3v) is 4.64. The predicted molar refractivity (Wildman–Crippen MR) is 68.3 cm³/mol. The van der Waals surface area contributed by atoms with Gasteiger partial charge in [0.05, 0.1) is 0 Å². The molecule has 2 heteroatoms. The number of rotatable bonds is 3. The van der Waals surface area contributed by atoms with E-state index in [9.17, 15) is 0 Å². The zero-order chi connectivity index (χ0) is 9.31. The summed E-state index contributed by atoms with van der Waals surface area (Å²) in [5, 5.41) is 1.16. The van der Waals surface area contributed by atoms with Crippen LogP contribution in [-0.2, 0) is 6.42 Å². The molecule has 1 aliphatic carbocycles. The Bertz CT molecular complexity index is 287. The zero-order valence-electron chi connectivity index (χ0n) is 7.39. The molecule has 1 aromatic carbocycles. The summed E-state index contributed by atoms with van der Waals surface area (Å²) in [5.41, 5.74) is 2.09. The first-order valence-corrected chi connectivity index (χ1v) is 6.75. The fourth-order valence-electron chi connectivity index (χ4n) is 1.57. The molecule has 0 bridgehead atoms. The van der Waals surface area contributed by atoms with E-state index in [2.05, 4.69) is 62.8 Å². The average molecular weight is 351 g/mol. The summed E-state index contributed by atoms with van der Waals surface area (Å²) in [6, 6.07) is 8.90. The summed E-state index contributed by atoms with van der Waals surface area (Å²) in [6.45, 7) is 0. The van der Waals surface area contributed by atoms with Crippen LogP contribution in [0.25, 0.3) is 0 Å². The van der Waals surface area contributed by atoms with Crippen molar-refractivity contribution in [2.75, 3.05) is 5.33 Å². The second-order valence-electron chi connectivity index (χ2n) is 3.94. The van der Waals surface area contributed by atoms with Crippen molar-refractivity contribution < 1.29 is 0 Å². The summed E-state index contributed by atoms with van der Waals surface area (Å²) < 4.78 is 1.32. The molecule has 13 heavy (non-hydrogen) atoms. The fourth-order valence-corrected chi connectivity index (χ4v) is 2.69. The summed E-state index contributed by atoms with van der Waals surface area (Å²) in [7, 11) is 0. The number of halogens is 2. The predicted octanol–water partition coefficient (Wildman–Crippen LogP) is 4.01. The molecule has 0 amide bonds. The van der Waals surface area contributed by atoms with Gasteiger partial charge in [-0.05, 0) is 65.0 Å². The Labute approximate surface area is 101 Å². The summed E-state index contributed by atoms with van der Waals surface area (Å²) in [6.07, 6.45) is 4.03. The van der Waals surface area contributed by atoms with Crippen LogP contribution >= 0.6 is 38.5 Å². The molecule has 0 N–H and O–H groups in total. The number of alkyl halides is 1. The van der Waals surface area contributed by atoms with E-state index in [1.807, 2.05) is 0 Å². The van der Waals surface area contributed by atoms with E-state index in [1.54, 1.807) is 0 Å². The highest BCUT2D eigenvalue weighted by Gasteiger charge is 2.41. The van der Waals surface area contributed by atoms with Crippen LogP contribution in [0.1, 0.15) is 18.4 Å². The van der Waals surface area contributed by atoms with Crippen LogP contribution in [0, 0.1) is 8.99 Å². The molecule has 0 saturated heterocycles. The second-order valence-corrected chi connectivity index (χ2v) is 5.74. The first-order valence-electron chi connectivity index (χ1n) is 4.55. The van der Waals surface area contributed by atoms with Crippen LogP contribution < -0.4 is 0 Å². The first kappa shape index (κ1) is 9.97. The molecule has 0 atom stereocenters. The molecule has 1 aromatic rings. The lowest BCUT2D eigenvalue weighted by Crippen LogP contribution is -2.05. The van der Waals surface area contributed by atoms with Crippen LogP contribution in [0.4, 0.5) is 0 Å². The lowest BCUT2D eigenvalue weighted by atomic mass is 9.99. The van der Waals surface area contributed by atoms with Gasteiger partial charge in [-0.2, -0.15) is 0 Å². The molecule has 0 radical (unpaired) electrons. The summed E-state index contributed by atoms with van der Waals surface area (Å²) >= 11 is 5.95. The number of benzene rings is 1. The number of hydrogen-bond acceptors (Lipinski definition) is 0. The van der Waals surface area contributed by atoms with Gasteiger partial charge in [0.1, 0.15) is 0 Å². The molecule has 0 spiro atoms. The third-order valence-electron chi connectivity index (χ3n) is 2.73. The Hall–Kier alpha value is 0.430. The van der Waals surface area contributed by atoms with Gasteiger partial charge in [0, 0.05) is 8.90 Å². The molecule has 0 aromatic heterocycles. The van der Waals surface area contributed by atoms with Gasteiger partial charge in [0.2, 0.25) is 0 Å². The monoisotopic (exact) mass is 350 g/mol. The van der Waals surface area contributed by atoms with Crippen molar-refractivity contribution in [2.45, 2.75) is 19.3 Å². The topological polar surface area (TPSA) is 0 Å². The second kappa shape index (κ2) is 3.89. The Kier molecular flexibility index (Phi) is 2.98. The largest absolute Gasteiger partial charge is 0.0922 e. The van der Waals surface area contributed by atoms with Crippen molar-refractivity contribution in [3.63, 3.8) is 0 Å². The van der Waals surface area contributed by atoms with Gasteiger partial charge in [-0.25, -0.2) is 0 Å². The summed E-state index contributed by atoms with van der Waals surface area (Å²) in [4.78, 5) is 0. The molecule has 1 fully saturated rings. The smallest absolute Gasteiger partial charge is 0.0130 e. The van der Waals surface area contributed by atoms with Gasteiger partial charge < -0.3 is 0 Å². The van der Waals surface area contributed by atoms with Crippen LogP contribution in [0.2, 0.25) is 0 Å². The van der Waals surface area contributed by atoms with Crippen LogP contribution in [-0.4, -0.2) is 5.33 Å². The minimum atomic E-state index is 0.604. The molecule has 1 saturated carbocycles. The minimum absolute atomic E-state index is 0.604. The quantitative estimate of drug-likeness (QED) is 0.570. The molecule has 0 aliphatic heterocycles. The maximum Gasteiger partial charge on any atom is 0.0130 e. The normalized spacial score (nSPS) is 18.6.